The number of aromatic nitrogens is 4. The van der Waals surface area contributed by atoms with Crippen molar-refractivity contribution in [1.82, 2.24) is 19.5 Å². The Hall–Kier alpha value is -6.91. The minimum atomic E-state index is 0.630. The molecule has 0 aliphatic heterocycles. The highest BCUT2D eigenvalue weighted by atomic mass is 15.0. The monoisotopic (exact) mass is 650 g/mol. The Bertz CT molecular complexity index is 2900. The Kier molecular flexibility index (Phi) is 6.78. The first kappa shape index (κ1) is 29.0. The number of nitrogens with zero attached hydrogens (tertiary/aromatic N) is 4. The van der Waals surface area contributed by atoms with E-state index in [0.717, 1.165) is 44.3 Å². The fraction of sp³-hybridized carbons (Fsp3) is 0. The predicted molar refractivity (Wildman–Crippen MR) is 211 cm³/mol. The highest BCUT2D eigenvalue weighted by Gasteiger charge is 2.18. The van der Waals surface area contributed by atoms with Crippen molar-refractivity contribution in [3.8, 4) is 51.0 Å². The topological polar surface area (TPSA) is 43.6 Å². The maximum Gasteiger partial charge on any atom is 0.164 e. The van der Waals surface area contributed by atoms with Crippen molar-refractivity contribution in [3.63, 3.8) is 0 Å². The summed E-state index contributed by atoms with van der Waals surface area (Å²) in [7, 11) is 0. The van der Waals surface area contributed by atoms with Gasteiger partial charge >= 0.3 is 0 Å². The molecule has 0 saturated heterocycles. The minimum Gasteiger partial charge on any atom is -0.309 e. The average Bonchev–Trinajstić information content (AvgIpc) is 3.53. The smallest absolute Gasteiger partial charge is 0.164 e. The number of benzene rings is 8. The second kappa shape index (κ2) is 11.9. The van der Waals surface area contributed by atoms with Crippen LogP contribution in [0.15, 0.2) is 182 Å². The van der Waals surface area contributed by atoms with Gasteiger partial charge in [-0.25, -0.2) is 15.0 Å². The standard InChI is InChI=1S/C47H30N4/c1-2-13-31(14-3-1)37-20-8-9-22-40(37)46-48-45(49-47(50-46)41-23-12-18-32-15-6-7-19-38(32)41)33-25-27-36(28-26-33)51-43-24-11-10-21-39(43)42-29-34-16-4-5-17-35(34)30-44(42)51/h1-30H. The molecule has 0 unspecified atom stereocenters. The lowest BCUT2D eigenvalue weighted by Crippen LogP contribution is -2.02. The van der Waals surface area contributed by atoms with Gasteiger partial charge in [-0.15, -0.1) is 0 Å². The molecule has 4 heteroatoms. The van der Waals surface area contributed by atoms with Crippen molar-refractivity contribution >= 4 is 43.4 Å². The van der Waals surface area contributed by atoms with Gasteiger partial charge in [-0.3, -0.25) is 0 Å². The molecule has 10 aromatic rings. The predicted octanol–water partition coefficient (Wildman–Crippen LogP) is 11.9. The van der Waals surface area contributed by atoms with E-state index in [4.69, 9.17) is 15.0 Å². The summed E-state index contributed by atoms with van der Waals surface area (Å²) in [5, 5.41) is 7.19. The number of para-hydroxylation sites is 1. The summed E-state index contributed by atoms with van der Waals surface area (Å²) < 4.78 is 2.36. The van der Waals surface area contributed by atoms with E-state index in [2.05, 4.69) is 174 Å². The van der Waals surface area contributed by atoms with E-state index in [1.54, 1.807) is 0 Å². The second-order valence-electron chi connectivity index (χ2n) is 12.9. The van der Waals surface area contributed by atoms with Crippen LogP contribution < -0.4 is 0 Å². The van der Waals surface area contributed by atoms with Crippen LogP contribution >= 0.6 is 0 Å². The van der Waals surface area contributed by atoms with E-state index in [1.807, 2.05) is 12.1 Å². The Labute approximate surface area is 295 Å². The van der Waals surface area contributed by atoms with Crippen molar-refractivity contribution in [2.75, 3.05) is 0 Å². The average molecular weight is 651 g/mol. The number of hydrogen-bond donors (Lipinski definition) is 0. The van der Waals surface area contributed by atoms with Crippen molar-refractivity contribution < 1.29 is 0 Å². The van der Waals surface area contributed by atoms with Crippen LogP contribution in [0, 0.1) is 0 Å². The summed E-state index contributed by atoms with van der Waals surface area (Å²) in [6.45, 7) is 0. The summed E-state index contributed by atoms with van der Waals surface area (Å²) in [6, 6.07) is 63.9. The van der Waals surface area contributed by atoms with E-state index in [9.17, 15) is 0 Å². The van der Waals surface area contributed by atoms with Gasteiger partial charge in [0.25, 0.3) is 0 Å². The molecule has 0 saturated carbocycles. The minimum absolute atomic E-state index is 0.630. The highest BCUT2D eigenvalue weighted by Crippen LogP contribution is 2.37. The molecular weight excluding hydrogens is 621 g/mol. The second-order valence-corrected chi connectivity index (χ2v) is 12.9. The van der Waals surface area contributed by atoms with Gasteiger partial charge in [-0.1, -0.05) is 140 Å². The largest absolute Gasteiger partial charge is 0.309 e. The third-order valence-corrected chi connectivity index (χ3v) is 9.84. The van der Waals surface area contributed by atoms with Crippen LogP contribution in [0.5, 0.6) is 0 Å². The third-order valence-electron chi connectivity index (χ3n) is 9.84. The molecule has 2 aromatic heterocycles. The maximum absolute atomic E-state index is 5.16. The van der Waals surface area contributed by atoms with Crippen LogP contribution in [0.2, 0.25) is 0 Å². The zero-order valence-corrected chi connectivity index (χ0v) is 27.6. The van der Waals surface area contributed by atoms with Crippen LogP contribution in [-0.4, -0.2) is 19.5 Å². The first-order valence-corrected chi connectivity index (χ1v) is 17.2. The molecule has 0 N–H and O–H groups in total. The lowest BCUT2D eigenvalue weighted by molar-refractivity contribution is 1.08. The Balaban J connectivity index is 1.16. The Morgan fingerprint density at radius 3 is 1.69 bits per heavy atom. The molecule has 238 valence electrons. The van der Waals surface area contributed by atoms with Gasteiger partial charge in [-0.2, -0.15) is 0 Å². The molecule has 4 nitrogen and oxygen atoms in total. The molecule has 0 spiro atoms. The summed E-state index contributed by atoms with van der Waals surface area (Å²) in [6.07, 6.45) is 0. The van der Waals surface area contributed by atoms with Crippen molar-refractivity contribution in [3.05, 3.63) is 182 Å². The van der Waals surface area contributed by atoms with Gasteiger partial charge in [0.15, 0.2) is 17.5 Å². The van der Waals surface area contributed by atoms with Crippen LogP contribution in [0.1, 0.15) is 0 Å². The first-order chi connectivity index (χ1) is 25.3. The lowest BCUT2D eigenvalue weighted by Gasteiger charge is -2.13. The van der Waals surface area contributed by atoms with Gasteiger partial charge in [0.1, 0.15) is 0 Å². The van der Waals surface area contributed by atoms with E-state index >= 15 is 0 Å². The zero-order valence-electron chi connectivity index (χ0n) is 27.6. The molecule has 0 fully saturated rings. The molecule has 0 bridgehead atoms. The molecule has 0 aliphatic rings. The molecule has 10 rings (SSSR count). The fourth-order valence-electron chi connectivity index (χ4n) is 7.41. The molecule has 0 radical (unpaired) electrons. The number of rotatable bonds is 5. The van der Waals surface area contributed by atoms with Gasteiger partial charge in [-0.05, 0) is 75.1 Å². The summed E-state index contributed by atoms with van der Waals surface area (Å²) in [5.74, 6) is 1.92. The van der Waals surface area contributed by atoms with Crippen LogP contribution in [0.25, 0.3) is 94.3 Å². The highest BCUT2D eigenvalue weighted by molar-refractivity contribution is 6.13. The van der Waals surface area contributed by atoms with Crippen LogP contribution in [-0.2, 0) is 0 Å². The van der Waals surface area contributed by atoms with Crippen molar-refractivity contribution in [2.24, 2.45) is 0 Å². The number of fused-ring (bicyclic) bond motifs is 5. The SMILES string of the molecule is c1ccc(-c2ccccc2-c2nc(-c3ccc(-n4c5ccccc5c5cc6ccccc6cc54)cc3)nc(-c3cccc4ccccc34)n2)cc1. The zero-order chi connectivity index (χ0) is 33.7. The van der Waals surface area contributed by atoms with Crippen LogP contribution in [0.3, 0.4) is 0 Å². The summed E-state index contributed by atoms with van der Waals surface area (Å²) >= 11 is 0. The van der Waals surface area contributed by atoms with Gasteiger partial charge < -0.3 is 4.57 Å². The summed E-state index contributed by atoms with van der Waals surface area (Å²) in [5.41, 5.74) is 8.49. The molecular formula is C47H30N4. The van der Waals surface area contributed by atoms with Gasteiger partial charge in [0.05, 0.1) is 11.0 Å². The van der Waals surface area contributed by atoms with E-state index in [0.29, 0.717) is 17.5 Å². The van der Waals surface area contributed by atoms with Gasteiger partial charge in [0, 0.05) is 33.2 Å². The summed E-state index contributed by atoms with van der Waals surface area (Å²) in [4.78, 5) is 15.5. The molecule has 2 heterocycles. The quantitative estimate of drug-likeness (QED) is 0.186. The normalized spacial score (nSPS) is 11.5. The van der Waals surface area contributed by atoms with Crippen molar-refractivity contribution in [2.45, 2.75) is 0 Å². The maximum atomic E-state index is 5.16. The Morgan fingerprint density at radius 2 is 0.882 bits per heavy atom. The lowest BCUT2D eigenvalue weighted by atomic mass is 9.99. The van der Waals surface area contributed by atoms with Gasteiger partial charge in [0.2, 0.25) is 0 Å². The molecule has 0 atom stereocenters. The molecule has 51 heavy (non-hydrogen) atoms. The molecule has 0 aliphatic carbocycles. The molecule has 8 aromatic carbocycles. The first-order valence-electron chi connectivity index (χ1n) is 17.2. The van der Waals surface area contributed by atoms with E-state index < -0.39 is 0 Å². The number of hydrogen-bond acceptors (Lipinski definition) is 3. The van der Waals surface area contributed by atoms with E-state index in [1.165, 1.54) is 32.6 Å². The van der Waals surface area contributed by atoms with Crippen molar-refractivity contribution in [1.29, 1.82) is 0 Å². The van der Waals surface area contributed by atoms with E-state index in [-0.39, 0.29) is 0 Å². The van der Waals surface area contributed by atoms with Crippen LogP contribution in [0.4, 0.5) is 0 Å². The Morgan fingerprint density at radius 1 is 0.314 bits per heavy atom. The third kappa shape index (κ3) is 4.96. The molecule has 0 amide bonds. The fourth-order valence-corrected chi connectivity index (χ4v) is 7.41.